The number of hydrogen-bond donors (Lipinski definition) is 0. The number of hydrogen-bond acceptors (Lipinski definition) is 1. The van der Waals surface area contributed by atoms with Gasteiger partial charge in [-0.25, -0.2) is 0 Å². The molecule has 0 aliphatic heterocycles. The molecule has 0 fully saturated rings. The van der Waals surface area contributed by atoms with E-state index in [2.05, 4.69) is 32.9 Å². The van der Waals surface area contributed by atoms with E-state index in [-0.39, 0.29) is 0 Å². The summed E-state index contributed by atoms with van der Waals surface area (Å²) < 4.78 is 5.75. The Morgan fingerprint density at radius 2 is 2.07 bits per heavy atom. The summed E-state index contributed by atoms with van der Waals surface area (Å²) in [6, 6.07) is 8.29. The van der Waals surface area contributed by atoms with Gasteiger partial charge in [0.2, 0.25) is 9.04 Å². The number of aryl methyl sites for hydroxylation is 1. The average Bonchev–Trinajstić information content (AvgIpc) is 2.22. The second-order valence-corrected chi connectivity index (χ2v) is 6.44. The first-order valence-corrected chi connectivity index (χ1v) is 7.60. The first-order chi connectivity index (χ1) is 7.17. The van der Waals surface area contributed by atoms with Crippen molar-refractivity contribution in [3.63, 3.8) is 0 Å². The van der Waals surface area contributed by atoms with E-state index in [0.717, 1.165) is 23.7 Å². The van der Waals surface area contributed by atoms with Crippen molar-refractivity contribution in [3.8, 4) is 0 Å². The van der Waals surface area contributed by atoms with Crippen LogP contribution in [0.1, 0.15) is 25.0 Å². The molecule has 1 radical (unpaired) electrons. The summed E-state index contributed by atoms with van der Waals surface area (Å²) in [5.41, 5.74) is 2.65. The summed E-state index contributed by atoms with van der Waals surface area (Å²) in [5.74, 6) is 0. The molecule has 0 saturated carbocycles. The van der Waals surface area contributed by atoms with Crippen molar-refractivity contribution in [2.45, 2.75) is 32.9 Å². The zero-order valence-electron chi connectivity index (χ0n) is 9.64. The van der Waals surface area contributed by atoms with E-state index in [1.54, 1.807) is 0 Å². The van der Waals surface area contributed by atoms with Crippen LogP contribution in [0.25, 0.3) is 0 Å². The maximum absolute atomic E-state index is 5.99. The predicted octanol–water partition coefficient (Wildman–Crippen LogP) is 3.78. The van der Waals surface area contributed by atoms with Gasteiger partial charge in [0.1, 0.15) is 0 Å². The van der Waals surface area contributed by atoms with Crippen molar-refractivity contribution < 1.29 is 4.43 Å². The smallest absolute Gasteiger partial charge is 0.215 e. The van der Waals surface area contributed by atoms with Crippen LogP contribution in [0.4, 0.5) is 0 Å². The monoisotopic (exact) mass is 241 g/mol. The second kappa shape index (κ2) is 6.31. The van der Waals surface area contributed by atoms with Crippen molar-refractivity contribution >= 4 is 20.6 Å². The standard InChI is InChI=1S/C12H18ClOSi/c1-4-14-15(5-2)9-11-8-12(13)7-6-10(11)3/h6-8H,4-5,9H2,1-3H3. The van der Waals surface area contributed by atoms with Crippen LogP contribution < -0.4 is 0 Å². The van der Waals surface area contributed by atoms with Gasteiger partial charge in [-0.3, -0.25) is 0 Å². The zero-order chi connectivity index (χ0) is 11.3. The number of halogens is 1. The zero-order valence-corrected chi connectivity index (χ0v) is 11.4. The highest BCUT2D eigenvalue weighted by Crippen LogP contribution is 2.17. The quantitative estimate of drug-likeness (QED) is 0.713. The van der Waals surface area contributed by atoms with Crippen molar-refractivity contribution in [3.05, 3.63) is 34.3 Å². The molecule has 0 saturated heterocycles. The van der Waals surface area contributed by atoms with Gasteiger partial charge in [-0.2, -0.15) is 0 Å². The molecule has 0 amide bonds. The van der Waals surface area contributed by atoms with Gasteiger partial charge in [0.25, 0.3) is 0 Å². The molecule has 15 heavy (non-hydrogen) atoms. The minimum atomic E-state index is -0.684. The molecule has 0 aliphatic rings. The predicted molar refractivity (Wildman–Crippen MR) is 67.8 cm³/mol. The SMILES string of the molecule is CCO[Si](CC)Cc1cc(Cl)ccc1C. The summed E-state index contributed by atoms with van der Waals surface area (Å²) in [7, 11) is -0.684. The Hall–Kier alpha value is -0.313. The summed E-state index contributed by atoms with van der Waals surface area (Å²) in [5, 5.41) is 0.824. The van der Waals surface area contributed by atoms with Crippen LogP contribution in [-0.2, 0) is 10.5 Å². The maximum atomic E-state index is 5.99. The molecular weight excluding hydrogens is 224 g/mol. The Balaban J connectivity index is 2.73. The van der Waals surface area contributed by atoms with Crippen LogP contribution in [0.3, 0.4) is 0 Å². The van der Waals surface area contributed by atoms with Gasteiger partial charge in [0.15, 0.2) is 0 Å². The Morgan fingerprint density at radius 3 is 2.67 bits per heavy atom. The van der Waals surface area contributed by atoms with E-state index < -0.39 is 9.04 Å². The average molecular weight is 242 g/mol. The van der Waals surface area contributed by atoms with Crippen molar-refractivity contribution in [1.29, 1.82) is 0 Å². The van der Waals surface area contributed by atoms with Crippen LogP contribution in [0.15, 0.2) is 18.2 Å². The molecular formula is C12H18ClOSi. The molecule has 3 heteroatoms. The topological polar surface area (TPSA) is 9.23 Å². The lowest BCUT2D eigenvalue weighted by Gasteiger charge is -2.14. The highest BCUT2D eigenvalue weighted by Gasteiger charge is 2.12. The molecule has 0 aliphatic carbocycles. The first-order valence-electron chi connectivity index (χ1n) is 5.39. The number of rotatable bonds is 5. The third-order valence-electron chi connectivity index (χ3n) is 2.44. The molecule has 0 bridgehead atoms. The van der Waals surface area contributed by atoms with Gasteiger partial charge in [0.05, 0.1) is 0 Å². The minimum absolute atomic E-state index is 0.684. The lowest BCUT2D eigenvalue weighted by Crippen LogP contribution is -2.21. The van der Waals surface area contributed by atoms with Gasteiger partial charge in [0, 0.05) is 11.6 Å². The van der Waals surface area contributed by atoms with Crippen LogP contribution in [0.2, 0.25) is 11.1 Å². The summed E-state index contributed by atoms with van der Waals surface area (Å²) in [6.45, 7) is 7.21. The van der Waals surface area contributed by atoms with Gasteiger partial charge < -0.3 is 4.43 Å². The molecule has 1 aromatic rings. The molecule has 0 atom stereocenters. The molecule has 0 spiro atoms. The Kier molecular flexibility index (Phi) is 5.36. The summed E-state index contributed by atoms with van der Waals surface area (Å²) in [4.78, 5) is 0. The third kappa shape index (κ3) is 3.97. The Morgan fingerprint density at radius 1 is 1.33 bits per heavy atom. The van der Waals surface area contributed by atoms with Crippen LogP contribution in [0.5, 0.6) is 0 Å². The molecule has 1 aromatic carbocycles. The van der Waals surface area contributed by atoms with E-state index >= 15 is 0 Å². The van der Waals surface area contributed by atoms with Gasteiger partial charge in [-0.05, 0) is 49.2 Å². The third-order valence-corrected chi connectivity index (χ3v) is 4.94. The summed E-state index contributed by atoms with van der Waals surface area (Å²) in [6.07, 6.45) is 0. The van der Waals surface area contributed by atoms with Crippen molar-refractivity contribution in [1.82, 2.24) is 0 Å². The van der Waals surface area contributed by atoms with E-state index in [9.17, 15) is 0 Å². The molecule has 0 aromatic heterocycles. The van der Waals surface area contributed by atoms with E-state index in [1.165, 1.54) is 11.1 Å². The molecule has 83 valence electrons. The first kappa shape index (κ1) is 12.8. The fraction of sp³-hybridized carbons (Fsp3) is 0.500. The van der Waals surface area contributed by atoms with E-state index in [1.807, 2.05) is 6.07 Å². The lowest BCUT2D eigenvalue weighted by molar-refractivity contribution is 0.341. The fourth-order valence-corrected chi connectivity index (χ4v) is 3.49. The fourth-order valence-electron chi connectivity index (χ4n) is 1.53. The maximum Gasteiger partial charge on any atom is 0.215 e. The van der Waals surface area contributed by atoms with Gasteiger partial charge in [-0.1, -0.05) is 24.6 Å². The van der Waals surface area contributed by atoms with Crippen LogP contribution >= 0.6 is 11.6 Å². The lowest BCUT2D eigenvalue weighted by atomic mass is 10.1. The second-order valence-electron chi connectivity index (χ2n) is 3.57. The molecule has 0 N–H and O–H groups in total. The molecule has 0 heterocycles. The molecule has 1 nitrogen and oxygen atoms in total. The van der Waals surface area contributed by atoms with Gasteiger partial charge in [-0.15, -0.1) is 0 Å². The van der Waals surface area contributed by atoms with E-state index in [4.69, 9.17) is 16.0 Å². The highest BCUT2D eigenvalue weighted by molar-refractivity contribution is 6.51. The van der Waals surface area contributed by atoms with Crippen LogP contribution in [0, 0.1) is 6.92 Å². The molecule has 0 unspecified atom stereocenters. The normalized spacial score (nSPS) is 11.0. The Labute approximate surface area is 99.1 Å². The van der Waals surface area contributed by atoms with Crippen molar-refractivity contribution in [2.75, 3.05) is 6.61 Å². The van der Waals surface area contributed by atoms with E-state index in [0.29, 0.717) is 0 Å². The molecule has 1 rings (SSSR count). The van der Waals surface area contributed by atoms with Crippen LogP contribution in [-0.4, -0.2) is 15.6 Å². The summed E-state index contributed by atoms with van der Waals surface area (Å²) >= 11 is 5.99. The minimum Gasteiger partial charge on any atom is -0.417 e. The van der Waals surface area contributed by atoms with Crippen molar-refractivity contribution in [2.24, 2.45) is 0 Å². The largest absolute Gasteiger partial charge is 0.417 e. The Bertz CT molecular complexity index is 314. The number of benzene rings is 1. The van der Waals surface area contributed by atoms with Gasteiger partial charge >= 0.3 is 0 Å². The highest BCUT2D eigenvalue weighted by atomic mass is 35.5.